The zero-order valence-electron chi connectivity index (χ0n) is 9.31. The van der Waals surface area contributed by atoms with Crippen molar-refractivity contribution >= 4 is 10.1 Å². The van der Waals surface area contributed by atoms with Gasteiger partial charge in [-0.05, 0) is 0 Å². The summed E-state index contributed by atoms with van der Waals surface area (Å²) in [6.45, 7) is -0.379. The minimum Gasteiger partial charge on any atom is -0.748 e. The summed E-state index contributed by atoms with van der Waals surface area (Å²) in [6, 6.07) is 0. The molecule has 1 aliphatic heterocycles. The predicted octanol–water partition coefficient (Wildman–Crippen LogP) is -6.44. The van der Waals surface area contributed by atoms with Crippen molar-refractivity contribution in [3.63, 3.8) is 0 Å². The first-order valence-corrected chi connectivity index (χ1v) is 6.22. The van der Waals surface area contributed by atoms with Gasteiger partial charge in [0, 0.05) is 6.54 Å². The minimum absolute atomic E-state index is 0. The summed E-state index contributed by atoms with van der Waals surface area (Å²) in [5.74, 6) is -0.641. The summed E-state index contributed by atoms with van der Waals surface area (Å²) in [7, 11) is -4.33. The third-order valence-electron chi connectivity index (χ3n) is 2.20. The van der Waals surface area contributed by atoms with E-state index >= 15 is 0 Å². The molecule has 0 aromatic rings. The van der Waals surface area contributed by atoms with Crippen LogP contribution in [0.3, 0.4) is 0 Å². The second kappa shape index (κ2) is 7.34. The van der Waals surface area contributed by atoms with E-state index in [1.165, 1.54) is 0 Å². The number of hydrogen-bond donors (Lipinski definition) is 4. The van der Waals surface area contributed by atoms with Crippen LogP contribution in [0.4, 0.5) is 0 Å². The summed E-state index contributed by atoms with van der Waals surface area (Å²) in [6.07, 6.45) is -4.93. The molecule has 0 radical (unpaired) electrons. The van der Waals surface area contributed by atoms with Gasteiger partial charge in [-0.15, -0.1) is 0 Å². The van der Waals surface area contributed by atoms with Crippen molar-refractivity contribution in [2.24, 2.45) is 0 Å². The van der Waals surface area contributed by atoms with Crippen LogP contribution in [0.5, 0.6) is 0 Å². The Morgan fingerprint density at radius 1 is 1.29 bits per heavy atom. The van der Waals surface area contributed by atoms with Crippen LogP contribution in [0.1, 0.15) is 0 Å². The first-order valence-electron chi connectivity index (χ1n) is 4.64. The normalized spacial score (nSPS) is 34.1. The second-order valence-corrected chi connectivity index (χ2v) is 5.04. The van der Waals surface area contributed by atoms with Crippen LogP contribution in [-0.4, -0.2) is 71.7 Å². The third kappa shape index (κ3) is 5.92. The Morgan fingerprint density at radius 3 is 2.41 bits per heavy atom. The van der Waals surface area contributed by atoms with Gasteiger partial charge in [0.25, 0.3) is 0 Å². The topological polar surface area (TPSA) is 139 Å². The first kappa shape index (κ1) is 17.7. The molecule has 8 nitrogen and oxygen atoms in total. The Bertz CT molecular complexity index is 324. The Hall–Kier alpha value is 0.710. The maximum absolute atomic E-state index is 10.3. The summed E-state index contributed by atoms with van der Waals surface area (Å²) >= 11 is 0. The molecule has 1 fully saturated rings. The molecule has 10 heteroatoms. The molecule has 4 atom stereocenters. The molecule has 0 saturated carbocycles. The average molecular weight is 279 g/mol. The van der Waals surface area contributed by atoms with E-state index in [1.807, 2.05) is 0 Å². The van der Waals surface area contributed by atoms with Gasteiger partial charge >= 0.3 is 29.6 Å². The number of rotatable bonds is 4. The number of hydrogen-bond acceptors (Lipinski definition) is 8. The molecular weight excluding hydrogens is 265 g/mol. The van der Waals surface area contributed by atoms with Crippen LogP contribution in [0.2, 0.25) is 0 Å². The van der Waals surface area contributed by atoms with Crippen molar-refractivity contribution < 1.29 is 62.6 Å². The Balaban J connectivity index is 0.00000256. The maximum atomic E-state index is 10.3. The van der Waals surface area contributed by atoms with Gasteiger partial charge in [0.2, 0.25) is 0 Å². The standard InChI is InChI=1S/C7H15NO7S.Na/c9-4-3-15-7(6(11)5(4)10)8-1-2-16(12,13)14;/h4-11H,1-3H2,(H,12,13,14);/q;+1/p-1/t4-,5-,6-,7?;/m1./s1. The van der Waals surface area contributed by atoms with Gasteiger partial charge in [0.05, 0.1) is 22.5 Å². The zero-order chi connectivity index (χ0) is 12.3. The van der Waals surface area contributed by atoms with Gasteiger partial charge in [-0.3, -0.25) is 5.32 Å². The summed E-state index contributed by atoms with van der Waals surface area (Å²) in [5, 5.41) is 30.3. The fourth-order valence-corrected chi connectivity index (χ4v) is 1.68. The van der Waals surface area contributed by atoms with E-state index in [9.17, 15) is 23.2 Å². The van der Waals surface area contributed by atoms with Crippen LogP contribution >= 0.6 is 0 Å². The van der Waals surface area contributed by atoms with Crippen molar-refractivity contribution in [2.45, 2.75) is 24.5 Å². The van der Waals surface area contributed by atoms with Crippen molar-refractivity contribution in [1.82, 2.24) is 5.32 Å². The summed E-state index contributed by atoms with van der Waals surface area (Å²) in [4.78, 5) is 0. The molecule has 1 rings (SSSR count). The van der Waals surface area contributed by atoms with Crippen molar-refractivity contribution in [3.05, 3.63) is 0 Å². The molecule has 0 spiro atoms. The van der Waals surface area contributed by atoms with Crippen molar-refractivity contribution in [1.29, 1.82) is 0 Å². The van der Waals surface area contributed by atoms with Crippen LogP contribution < -0.4 is 34.9 Å². The van der Waals surface area contributed by atoms with Gasteiger partial charge < -0.3 is 24.6 Å². The number of ether oxygens (including phenoxy) is 1. The molecule has 4 N–H and O–H groups in total. The van der Waals surface area contributed by atoms with Gasteiger partial charge in [0.15, 0.2) is 0 Å². The molecule has 1 unspecified atom stereocenters. The van der Waals surface area contributed by atoms with Gasteiger partial charge in [0.1, 0.15) is 24.5 Å². The molecule has 0 aromatic carbocycles. The molecular formula is C7H14NNaO7S. The second-order valence-electron chi connectivity index (χ2n) is 3.52. The third-order valence-corrected chi connectivity index (χ3v) is 2.90. The zero-order valence-corrected chi connectivity index (χ0v) is 12.1. The van der Waals surface area contributed by atoms with E-state index < -0.39 is 40.4 Å². The van der Waals surface area contributed by atoms with E-state index in [0.717, 1.165) is 0 Å². The van der Waals surface area contributed by atoms with E-state index in [0.29, 0.717) is 0 Å². The smallest absolute Gasteiger partial charge is 0.748 e. The van der Waals surface area contributed by atoms with Crippen molar-refractivity contribution in [3.8, 4) is 0 Å². The number of nitrogens with one attached hydrogen (secondary N) is 1. The van der Waals surface area contributed by atoms with Crippen LogP contribution in [0.15, 0.2) is 0 Å². The Labute approximate surface area is 121 Å². The number of aliphatic hydroxyl groups is 3. The van der Waals surface area contributed by atoms with Crippen LogP contribution in [0, 0.1) is 0 Å². The summed E-state index contributed by atoms with van der Waals surface area (Å²) in [5.41, 5.74) is 0. The minimum atomic E-state index is -4.33. The molecule has 1 heterocycles. The predicted molar refractivity (Wildman–Crippen MR) is 50.3 cm³/mol. The average Bonchev–Trinajstić information content (AvgIpc) is 2.16. The first-order chi connectivity index (χ1) is 7.31. The van der Waals surface area contributed by atoms with Crippen molar-refractivity contribution in [2.75, 3.05) is 18.9 Å². The quantitative estimate of drug-likeness (QED) is 0.294. The van der Waals surface area contributed by atoms with Gasteiger partial charge in [-0.25, -0.2) is 8.42 Å². The number of aliphatic hydroxyl groups excluding tert-OH is 3. The van der Waals surface area contributed by atoms with Crippen LogP contribution in [0.25, 0.3) is 0 Å². The largest absolute Gasteiger partial charge is 1.00 e. The monoisotopic (exact) mass is 279 g/mol. The summed E-state index contributed by atoms with van der Waals surface area (Å²) < 4.78 is 35.8. The van der Waals surface area contributed by atoms with E-state index in [2.05, 4.69) is 5.32 Å². The molecule has 0 amide bonds. The van der Waals surface area contributed by atoms with E-state index in [4.69, 9.17) is 9.84 Å². The Kier molecular flexibility index (Phi) is 7.64. The van der Waals surface area contributed by atoms with Gasteiger partial charge in [-0.2, -0.15) is 0 Å². The molecule has 0 aromatic heterocycles. The van der Waals surface area contributed by atoms with Gasteiger partial charge in [-0.1, -0.05) is 0 Å². The molecule has 17 heavy (non-hydrogen) atoms. The Morgan fingerprint density at radius 2 is 1.88 bits per heavy atom. The molecule has 0 bridgehead atoms. The van der Waals surface area contributed by atoms with Crippen LogP contribution in [-0.2, 0) is 14.9 Å². The molecule has 1 aliphatic rings. The molecule has 96 valence electrons. The molecule has 1 saturated heterocycles. The van der Waals surface area contributed by atoms with E-state index in [1.54, 1.807) is 0 Å². The van der Waals surface area contributed by atoms with E-state index in [-0.39, 0.29) is 42.7 Å². The fourth-order valence-electron chi connectivity index (χ4n) is 1.31. The molecule has 0 aliphatic carbocycles. The fraction of sp³-hybridized carbons (Fsp3) is 1.00. The SMILES string of the molecule is O=S(=O)([O-])CCNC1OC[C@@H](O)[C@@H](O)[C@H]1O.[Na+]. The maximum Gasteiger partial charge on any atom is 1.00 e.